The minimum Gasteiger partial charge on any atom is -0.208 e. The SMILES string of the molecule is C.c1ccc(-c2cccc(-c3nc(-c4ccccc4)nc(-c4cccc5c4Cc4c(-c6cccc(-c7ccccc7)c6)cccc4-5)n3)c2)cc1. The third kappa shape index (κ3) is 5.69. The molecule has 238 valence electrons. The van der Waals surface area contributed by atoms with Crippen molar-refractivity contribution in [3.05, 3.63) is 187 Å². The van der Waals surface area contributed by atoms with Crippen molar-refractivity contribution in [1.29, 1.82) is 0 Å². The lowest BCUT2D eigenvalue weighted by Gasteiger charge is -2.12. The maximum Gasteiger partial charge on any atom is 0.164 e. The molecule has 0 unspecified atom stereocenters. The van der Waals surface area contributed by atoms with Crippen LogP contribution in [0.2, 0.25) is 0 Å². The normalized spacial score (nSPS) is 11.4. The number of fused-ring (bicyclic) bond motifs is 3. The molecule has 0 amide bonds. The monoisotopic (exact) mass is 641 g/mol. The van der Waals surface area contributed by atoms with Gasteiger partial charge in [-0.2, -0.15) is 0 Å². The molecular formula is C47H35N3. The fraction of sp³-hybridized carbons (Fsp3) is 0.0426. The Hall–Kier alpha value is -6.45. The van der Waals surface area contributed by atoms with Crippen molar-refractivity contribution >= 4 is 0 Å². The number of rotatable bonds is 6. The van der Waals surface area contributed by atoms with Crippen LogP contribution in [0.1, 0.15) is 18.6 Å². The summed E-state index contributed by atoms with van der Waals surface area (Å²) in [5, 5.41) is 0. The lowest BCUT2D eigenvalue weighted by molar-refractivity contribution is 1.07. The van der Waals surface area contributed by atoms with Crippen molar-refractivity contribution in [2.24, 2.45) is 0 Å². The maximum atomic E-state index is 5.18. The number of nitrogens with zero attached hydrogens (tertiary/aromatic N) is 3. The highest BCUT2D eigenvalue weighted by Gasteiger charge is 2.26. The molecule has 0 radical (unpaired) electrons. The fourth-order valence-electron chi connectivity index (χ4n) is 7.02. The predicted molar refractivity (Wildman–Crippen MR) is 207 cm³/mol. The van der Waals surface area contributed by atoms with Crippen LogP contribution in [0.15, 0.2) is 176 Å². The zero-order chi connectivity index (χ0) is 32.6. The van der Waals surface area contributed by atoms with Crippen molar-refractivity contribution in [3.8, 4) is 78.7 Å². The summed E-state index contributed by atoms with van der Waals surface area (Å²) in [5.41, 5.74) is 15.3. The van der Waals surface area contributed by atoms with Gasteiger partial charge in [0.25, 0.3) is 0 Å². The largest absolute Gasteiger partial charge is 0.208 e. The Kier molecular flexibility index (Phi) is 8.16. The standard InChI is InChI=1S/C46H31N3.CH4/c1-4-14-31(15-5-1)34-20-10-22-36(28-34)38-24-12-25-39-40-26-13-27-41(43(40)30-42(38)39)46-48-44(33-18-8-3-9-19-33)47-45(49-46)37-23-11-21-35(29-37)32-16-6-2-7-17-32;/h1-29H,30H2;1H4. The molecule has 3 heteroatoms. The molecule has 7 aromatic carbocycles. The molecule has 1 heterocycles. The van der Waals surface area contributed by atoms with Gasteiger partial charge in [-0.3, -0.25) is 0 Å². The van der Waals surface area contributed by atoms with E-state index in [9.17, 15) is 0 Å². The van der Waals surface area contributed by atoms with E-state index in [1.54, 1.807) is 0 Å². The van der Waals surface area contributed by atoms with E-state index >= 15 is 0 Å². The van der Waals surface area contributed by atoms with Crippen molar-refractivity contribution in [1.82, 2.24) is 15.0 Å². The first kappa shape index (κ1) is 30.9. The van der Waals surface area contributed by atoms with Crippen LogP contribution in [0.4, 0.5) is 0 Å². The molecule has 1 aliphatic rings. The Labute approximate surface area is 293 Å². The highest BCUT2D eigenvalue weighted by atomic mass is 15.0. The maximum absolute atomic E-state index is 5.18. The summed E-state index contributed by atoms with van der Waals surface area (Å²) in [4.78, 5) is 15.3. The fourth-order valence-corrected chi connectivity index (χ4v) is 7.02. The van der Waals surface area contributed by atoms with Gasteiger partial charge in [-0.1, -0.05) is 171 Å². The highest BCUT2D eigenvalue weighted by Crippen LogP contribution is 2.45. The molecule has 3 nitrogen and oxygen atoms in total. The number of aromatic nitrogens is 3. The molecule has 0 saturated carbocycles. The quantitative estimate of drug-likeness (QED) is 0.181. The molecule has 0 saturated heterocycles. The second-order valence-corrected chi connectivity index (χ2v) is 12.4. The molecule has 0 aliphatic heterocycles. The van der Waals surface area contributed by atoms with Gasteiger partial charge >= 0.3 is 0 Å². The third-order valence-electron chi connectivity index (χ3n) is 9.41. The van der Waals surface area contributed by atoms with E-state index in [4.69, 9.17) is 15.0 Å². The lowest BCUT2D eigenvalue weighted by atomic mass is 9.93. The molecule has 0 bridgehead atoms. The van der Waals surface area contributed by atoms with Crippen LogP contribution in [0, 0.1) is 0 Å². The molecule has 9 rings (SSSR count). The van der Waals surface area contributed by atoms with Crippen LogP contribution in [-0.2, 0) is 6.42 Å². The van der Waals surface area contributed by atoms with E-state index in [1.165, 1.54) is 44.5 Å². The first-order valence-corrected chi connectivity index (χ1v) is 16.7. The van der Waals surface area contributed by atoms with Gasteiger partial charge in [0.15, 0.2) is 17.5 Å². The molecule has 0 spiro atoms. The van der Waals surface area contributed by atoms with Crippen molar-refractivity contribution < 1.29 is 0 Å². The predicted octanol–water partition coefficient (Wildman–Crippen LogP) is 12.1. The summed E-state index contributed by atoms with van der Waals surface area (Å²) in [5.74, 6) is 2.01. The van der Waals surface area contributed by atoms with Gasteiger partial charge in [-0.05, 0) is 67.8 Å². The molecule has 0 N–H and O–H groups in total. The van der Waals surface area contributed by atoms with E-state index in [2.05, 4.69) is 152 Å². The van der Waals surface area contributed by atoms with E-state index < -0.39 is 0 Å². The van der Waals surface area contributed by atoms with Crippen LogP contribution < -0.4 is 0 Å². The molecule has 1 aliphatic carbocycles. The molecule has 0 atom stereocenters. The Morgan fingerprint density at radius 3 is 1.26 bits per heavy atom. The highest BCUT2D eigenvalue weighted by molar-refractivity contribution is 5.89. The van der Waals surface area contributed by atoms with E-state index in [0.29, 0.717) is 17.5 Å². The average molecular weight is 642 g/mol. The van der Waals surface area contributed by atoms with Gasteiger partial charge < -0.3 is 0 Å². The van der Waals surface area contributed by atoms with Crippen LogP contribution >= 0.6 is 0 Å². The number of benzene rings is 7. The Morgan fingerprint density at radius 1 is 0.280 bits per heavy atom. The van der Waals surface area contributed by atoms with Gasteiger partial charge in [0.2, 0.25) is 0 Å². The van der Waals surface area contributed by atoms with Crippen LogP contribution in [0.25, 0.3) is 78.7 Å². The topological polar surface area (TPSA) is 38.7 Å². The summed E-state index contributed by atoms with van der Waals surface area (Å²) in [6, 6.07) is 61.8. The summed E-state index contributed by atoms with van der Waals surface area (Å²) in [7, 11) is 0. The van der Waals surface area contributed by atoms with Crippen LogP contribution in [0.3, 0.4) is 0 Å². The van der Waals surface area contributed by atoms with E-state index in [1.807, 2.05) is 24.3 Å². The van der Waals surface area contributed by atoms with Crippen molar-refractivity contribution in [2.75, 3.05) is 0 Å². The molecule has 1 aromatic heterocycles. The van der Waals surface area contributed by atoms with Crippen molar-refractivity contribution in [3.63, 3.8) is 0 Å². The van der Waals surface area contributed by atoms with Crippen LogP contribution in [0.5, 0.6) is 0 Å². The number of hydrogen-bond acceptors (Lipinski definition) is 3. The third-order valence-corrected chi connectivity index (χ3v) is 9.41. The van der Waals surface area contributed by atoms with Gasteiger partial charge in [0, 0.05) is 23.1 Å². The minimum atomic E-state index is 0. The van der Waals surface area contributed by atoms with E-state index in [-0.39, 0.29) is 7.43 Å². The summed E-state index contributed by atoms with van der Waals surface area (Å²) >= 11 is 0. The molecular weight excluding hydrogens is 607 g/mol. The lowest BCUT2D eigenvalue weighted by Crippen LogP contribution is -2.02. The Bertz CT molecular complexity index is 2450. The second kappa shape index (κ2) is 13.2. The number of hydrogen-bond donors (Lipinski definition) is 0. The summed E-state index contributed by atoms with van der Waals surface area (Å²) in [6.07, 6.45) is 0.803. The van der Waals surface area contributed by atoms with Gasteiger partial charge in [0.05, 0.1) is 0 Å². The smallest absolute Gasteiger partial charge is 0.164 e. The zero-order valence-electron chi connectivity index (χ0n) is 26.8. The van der Waals surface area contributed by atoms with E-state index in [0.717, 1.165) is 34.2 Å². The Balaban J connectivity index is 0.00000361. The van der Waals surface area contributed by atoms with Gasteiger partial charge in [-0.15, -0.1) is 0 Å². The van der Waals surface area contributed by atoms with Gasteiger partial charge in [-0.25, -0.2) is 15.0 Å². The zero-order valence-corrected chi connectivity index (χ0v) is 26.8. The average Bonchev–Trinajstić information content (AvgIpc) is 3.58. The van der Waals surface area contributed by atoms with Crippen molar-refractivity contribution in [2.45, 2.75) is 13.8 Å². The molecule has 0 fully saturated rings. The van der Waals surface area contributed by atoms with Gasteiger partial charge in [0.1, 0.15) is 0 Å². The first-order chi connectivity index (χ1) is 24.3. The summed E-state index contributed by atoms with van der Waals surface area (Å²) < 4.78 is 0. The summed E-state index contributed by atoms with van der Waals surface area (Å²) in [6.45, 7) is 0. The Morgan fingerprint density at radius 2 is 0.660 bits per heavy atom. The van der Waals surface area contributed by atoms with Crippen LogP contribution in [-0.4, -0.2) is 15.0 Å². The molecule has 50 heavy (non-hydrogen) atoms. The first-order valence-electron chi connectivity index (χ1n) is 16.7. The molecule has 8 aromatic rings. The minimum absolute atomic E-state index is 0. The second-order valence-electron chi connectivity index (χ2n) is 12.4.